The van der Waals surface area contributed by atoms with Crippen molar-refractivity contribution in [1.82, 2.24) is 10.6 Å². The molecule has 1 aliphatic rings. The number of carbonyl (C=O) groups is 3. The van der Waals surface area contributed by atoms with Gasteiger partial charge in [-0.25, -0.2) is 9.36 Å². The Kier molecular flexibility index (Phi) is 5.62. The number of nitrogens with one attached hydrogen (secondary N) is 2. The summed E-state index contributed by atoms with van der Waals surface area (Å²) in [5, 5.41) is 4.19. The molecule has 0 unspecified atom stereocenters. The Morgan fingerprint density at radius 2 is 1.28 bits per heavy atom. The van der Waals surface area contributed by atoms with E-state index in [2.05, 4.69) is 10.6 Å². The van der Waals surface area contributed by atoms with Gasteiger partial charge in [0.2, 0.25) is 11.8 Å². The Bertz CT molecular complexity index is 368. The Labute approximate surface area is 103 Å². The first-order valence-corrected chi connectivity index (χ1v) is 6.58. The fraction of sp³-hybridized carbons (Fsp3) is 0.625. The van der Waals surface area contributed by atoms with E-state index in [1.165, 1.54) is 0 Å². The second-order valence-electron chi connectivity index (χ2n) is 3.54. The average Bonchev–Trinajstić information content (AvgIpc) is 2.15. The molecule has 0 aromatic rings. The molecule has 10 heteroatoms. The van der Waals surface area contributed by atoms with Gasteiger partial charge in [-0.3, -0.25) is 20.2 Å². The lowest BCUT2D eigenvalue weighted by molar-refractivity contribution is -0.144. The number of amides is 4. The van der Waals surface area contributed by atoms with Crippen LogP contribution in [-0.4, -0.2) is 32.5 Å². The zero-order valence-corrected chi connectivity index (χ0v) is 10.7. The maximum atomic E-state index is 11.4. The van der Waals surface area contributed by atoms with Crippen LogP contribution in [0.1, 0.15) is 26.7 Å². The van der Waals surface area contributed by atoms with Crippen LogP contribution in [0.2, 0.25) is 0 Å². The molecule has 1 saturated heterocycles. The molecule has 1 heterocycles. The first-order valence-electron chi connectivity index (χ1n) is 5.02. The highest BCUT2D eigenvalue weighted by Gasteiger charge is 2.47. The van der Waals surface area contributed by atoms with Crippen LogP contribution in [0.15, 0.2) is 0 Å². The molecule has 4 amide bonds. The van der Waals surface area contributed by atoms with E-state index in [9.17, 15) is 14.4 Å². The van der Waals surface area contributed by atoms with Crippen molar-refractivity contribution in [3.63, 3.8) is 0 Å². The van der Waals surface area contributed by atoms with Crippen LogP contribution in [0, 0.1) is 5.41 Å². The lowest BCUT2D eigenvalue weighted by Crippen LogP contribution is -2.61. The number of hydrogen-bond donors (Lipinski definition) is 5. The van der Waals surface area contributed by atoms with E-state index in [-0.39, 0.29) is 0 Å². The number of carbonyl (C=O) groups excluding carboxylic acids is 3. The summed E-state index contributed by atoms with van der Waals surface area (Å²) in [6, 6.07) is -0.729. The predicted molar refractivity (Wildman–Crippen MR) is 59.0 cm³/mol. The van der Waals surface area contributed by atoms with Crippen molar-refractivity contribution in [2.75, 3.05) is 0 Å². The molecule has 5 N–H and O–H groups in total. The van der Waals surface area contributed by atoms with E-state index in [0.29, 0.717) is 12.8 Å². The maximum Gasteiger partial charge on any atom is 0.466 e. The number of phosphoric acid groups is 1. The van der Waals surface area contributed by atoms with Gasteiger partial charge < -0.3 is 14.7 Å². The van der Waals surface area contributed by atoms with E-state index < -0.39 is 31.1 Å². The van der Waals surface area contributed by atoms with Crippen LogP contribution in [0.25, 0.3) is 0 Å². The fourth-order valence-corrected chi connectivity index (χ4v) is 1.47. The first kappa shape index (κ1) is 16.7. The van der Waals surface area contributed by atoms with Crippen LogP contribution >= 0.6 is 7.82 Å². The van der Waals surface area contributed by atoms with Gasteiger partial charge in [-0.1, -0.05) is 13.8 Å². The normalized spacial score (nSPS) is 18.4. The van der Waals surface area contributed by atoms with Gasteiger partial charge >= 0.3 is 13.9 Å². The van der Waals surface area contributed by atoms with E-state index in [1.807, 2.05) is 0 Å². The van der Waals surface area contributed by atoms with Crippen molar-refractivity contribution in [3.05, 3.63) is 0 Å². The molecule has 104 valence electrons. The molecule has 0 saturated carbocycles. The van der Waals surface area contributed by atoms with Gasteiger partial charge in [0, 0.05) is 0 Å². The van der Waals surface area contributed by atoms with E-state index in [4.69, 9.17) is 19.2 Å². The minimum Gasteiger partial charge on any atom is -0.303 e. The van der Waals surface area contributed by atoms with Crippen molar-refractivity contribution >= 4 is 25.7 Å². The number of imide groups is 2. The molecular formula is C8H15N2O7P. The highest BCUT2D eigenvalue weighted by atomic mass is 31.2. The quantitative estimate of drug-likeness (QED) is 0.329. The van der Waals surface area contributed by atoms with Crippen LogP contribution in [0.5, 0.6) is 0 Å². The molecule has 1 fully saturated rings. The Balaban J connectivity index is 0.000000494. The Morgan fingerprint density at radius 1 is 1.00 bits per heavy atom. The van der Waals surface area contributed by atoms with Crippen LogP contribution in [0.3, 0.4) is 0 Å². The van der Waals surface area contributed by atoms with Crippen molar-refractivity contribution < 1.29 is 33.6 Å². The van der Waals surface area contributed by atoms with E-state index >= 15 is 0 Å². The Morgan fingerprint density at radius 3 is 1.50 bits per heavy atom. The van der Waals surface area contributed by atoms with Gasteiger partial charge in [-0.05, 0) is 12.8 Å². The second-order valence-corrected chi connectivity index (χ2v) is 4.57. The third-order valence-corrected chi connectivity index (χ3v) is 2.53. The average molecular weight is 282 g/mol. The molecule has 18 heavy (non-hydrogen) atoms. The summed E-state index contributed by atoms with van der Waals surface area (Å²) in [4.78, 5) is 55.1. The van der Waals surface area contributed by atoms with Crippen LogP contribution in [-0.2, 0) is 14.2 Å². The second kappa shape index (κ2) is 6.05. The zero-order valence-electron chi connectivity index (χ0n) is 9.84. The van der Waals surface area contributed by atoms with Crippen molar-refractivity contribution in [2.45, 2.75) is 26.7 Å². The van der Waals surface area contributed by atoms with Gasteiger partial charge in [0.25, 0.3) is 0 Å². The first-order chi connectivity index (χ1) is 8.06. The molecule has 0 aliphatic carbocycles. The minimum atomic E-state index is -4.64. The van der Waals surface area contributed by atoms with Crippen molar-refractivity contribution in [3.8, 4) is 0 Å². The minimum absolute atomic E-state index is 0.397. The molecular weight excluding hydrogens is 267 g/mol. The van der Waals surface area contributed by atoms with Gasteiger partial charge in [0.15, 0.2) is 0 Å². The predicted octanol–water partition coefficient (Wildman–Crippen LogP) is -0.770. The van der Waals surface area contributed by atoms with Gasteiger partial charge in [0.05, 0.1) is 0 Å². The third kappa shape index (κ3) is 4.53. The summed E-state index contributed by atoms with van der Waals surface area (Å²) >= 11 is 0. The summed E-state index contributed by atoms with van der Waals surface area (Å²) in [6.07, 6.45) is 0.795. The topological polar surface area (TPSA) is 153 Å². The zero-order chi connectivity index (χ0) is 14.6. The number of barbiturate groups is 1. The molecule has 0 spiro atoms. The molecule has 0 radical (unpaired) electrons. The van der Waals surface area contributed by atoms with Crippen LogP contribution in [0.4, 0.5) is 4.79 Å². The molecule has 9 nitrogen and oxygen atoms in total. The van der Waals surface area contributed by atoms with Gasteiger partial charge in [-0.15, -0.1) is 0 Å². The van der Waals surface area contributed by atoms with Gasteiger partial charge in [-0.2, -0.15) is 0 Å². The molecule has 0 bridgehead atoms. The molecule has 0 aromatic heterocycles. The van der Waals surface area contributed by atoms with Crippen molar-refractivity contribution in [2.24, 2.45) is 5.41 Å². The lowest BCUT2D eigenvalue weighted by Gasteiger charge is -2.31. The third-order valence-electron chi connectivity index (χ3n) is 2.53. The summed E-state index contributed by atoms with van der Waals surface area (Å²) in [7, 11) is -4.64. The largest absolute Gasteiger partial charge is 0.466 e. The van der Waals surface area contributed by atoms with E-state index in [0.717, 1.165) is 0 Å². The molecule has 0 aromatic carbocycles. The highest BCUT2D eigenvalue weighted by Crippen LogP contribution is 2.28. The monoisotopic (exact) mass is 282 g/mol. The summed E-state index contributed by atoms with van der Waals surface area (Å²) in [5.74, 6) is -0.988. The number of rotatable bonds is 2. The number of hydrogen-bond acceptors (Lipinski definition) is 4. The summed E-state index contributed by atoms with van der Waals surface area (Å²) in [5.41, 5.74) is -1.06. The summed E-state index contributed by atoms with van der Waals surface area (Å²) < 4.78 is 8.88. The maximum absolute atomic E-state index is 11.4. The van der Waals surface area contributed by atoms with Crippen LogP contribution < -0.4 is 10.6 Å². The molecule has 1 rings (SSSR count). The standard InChI is InChI=1S/C8H12N2O3.H3O4P/c1-3-8(4-2)5(11)9-7(13)10-6(8)12;1-5(2,3)4/h3-4H2,1-2H3,(H2,9,10,11,12,13);(H3,1,2,3,4). The lowest BCUT2D eigenvalue weighted by atomic mass is 9.79. The fourth-order valence-electron chi connectivity index (χ4n) is 1.47. The molecule has 1 aliphatic heterocycles. The van der Waals surface area contributed by atoms with Gasteiger partial charge in [0.1, 0.15) is 5.41 Å². The highest BCUT2D eigenvalue weighted by molar-refractivity contribution is 7.45. The SMILES string of the molecule is CCC1(CC)C(=O)NC(=O)NC1=O.O=P(O)(O)O. The number of urea groups is 1. The van der Waals surface area contributed by atoms with E-state index in [1.54, 1.807) is 13.8 Å². The Hall–Kier alpha value is -1.28. The molecule has 0 atom stereocenters. The smallest absolute Gasteiger partial charge is 0.303 e. The summed E-state index contributed by atoms with van der Waals surface area (Å²) in [6.45, 7) is 3.50. The van der Waals surface area contributed by atoms with Crippen molar-refractivity contribution in [1.29, 1.82) is 0 Å².